The lowest BCUT2D eigenvalue weighted by atomic mass is 9.92. The summed E-state index contributed by atoms with van der Waals surface area (Å²) in [6, 6.07) is -1.17. The molecule has 7 N–H and O–H groups in total. The molecular formula is C18H35N5O4. The Morgan fingerprint density at radius 2 is 1.85 bits per heavy atom. The summed E-state index contributed by atoms with van der Waals surface area (Å²) in [5.41, 5.74) is 11.2. The van der Waals surface area contributed by atoms with Gasteiger partial charge < -0.3 is 26.8 Å². The van der Waals surface area contributed by atoms with Crippen molar-refractivity contribution in [2.24, 2.45) is 23.3 Å². The maximum Gasteiger partial charge on any atom is 0.306 e. The van der Waals surface area contributed by atoms with Crippen LogP contribution in [-0.4, -0.2) is 59.8 Å². The average molecular weight is 386 g/mol. The summed E-state index contributed by atoms with van der Waals surface area (Å²) >= 11 is 0. The van der Waals surface area contributed by atoms with E-state index in [0.29, 0.717) is 13.0 Å². The molecule has 0 aromatic heterocycles. The van der Waals surface area contributed by atoms with Crippen LogP contribution in [0, 0.1) is 11.8 Å². The van der Waals surface area contributed by atoms with Gasteiger partial charge in [-0.1, -0.05) is 26.2 Å². The van der Waals surface area contributed by atoms with Gasteiger partial charge in [-0.05, 0) is 19.3 Å². The quantitative estimate of drug-likeness (QED) is 0.244. The van der Waals surface area contributed by atoms with Gasteiger partial charge in [-0.25, -0.2) is 0 Å². The summed E-state index contributed by atoms with van der Waals surface area (Å²) < 4.78 is 0. The number of carbonyl (C=O) groups is 3. The van der Waals surface area contributed by atoms with Crippen LogP contribution in [0.2, 0.25) is 0 Å². The zero-order valence-electron chi connectivity index (χ0n) is 16.6. The Balaban J connectivity index is 2.92. The van der Waals surface area contributed by atoms with Crippen molar-refractivity contribution < 1.29 is 19.5 Å². The first-order chi connectivity index (χ1) is 12.7. The SMILES string of the molecule is CCCCCCN(C)C(=O)C(NC(C)=O)C1CC(C(=O)O)CC1NC(N)N. The lowest BCUT2D eigenvalue weighted by Gasteiger charge is -2.32. The molecule has 156 valence electrons. The second-order valence-corrected chi connectivity index (χ2v) is 7.47. The van der Waals surface area contributed by atoms with Crippen molar-refractivity contribution in [1.82, 2.24) is 15.5 Å². The molecule has 0 bridgehead atoms. The summed E-state index contributed by atoms with van der Waals surface area (Å²) in [5, 5.41) is 15.1. The van der Waals surface area contributed by atoms with Crippen LogP contribution in [0.4, 0.5) is 0 Å². The Morgan fingerprint density at radius 1 is 1.19 bits per heavy atom. The second-order valence-electron chi connectivity index (χ2n) is 7.47. The summed E-state index contributed by atoms with van der Waals surface area (Å²) in [6.45, 7) is 4.07. The second kappa shape index (κ2) is 11.2. The van der Waals surface area contributed by atoms with E-state index in [1.165, 1.54) is 6.92 Å². The monoisotopic (exact) mass is 385 g/mol. The van der Waals surface area contributed by atoms with Crippen LogP contribution in [0.3, 0.4) is 0 Å². The molecule has 2 amide bonds. The number of unbranched alkanes of at least 4 members (excludes halogenated alkanes) is 3. The fraction of sp³-hybridized carbons (Fsp3) is 0.833. The Bertz CT molecular complexity index is 514. The van der Waals surface area contributed by atoms with Gasteiger partial charge in [0.25, 0.3) is 0 Å². The van der Waals surface area contributed by atoms with Gasteiger partial charge in [0.05, 0.1) is 5.92 Å². The number of carboxylic acid groups (broad SMARTS) is 1. The van der Waals surface area contributed by atoms with Crippen molar-refractivity contribution in [3.05, 3.63) is 0 Å². The van der Waals surface area contributed by atoms with Crippen molar-refractivity contribution >= 4 is 17.8 Å². The van der Waals surface area contributed by atoms with Crippen LogP contribution >= 0.6 is 0 Å². The first-order valence-electron chi connectivity index (χ1n) is 9.69. The Labute approximate surface area is 161 Å². The number of rotatable bonds is 11. The maximum atomic E-state index is 13.0. The summed E-state index contributed by atoms with van der Waals surface area (Å²) in [4.78, 5) is 37.8. The number of likely N-dealkylation sites (N-methyl/N-ethyl adjacent to an activating group) is 1. The summed E-state index contributed by atoms with van der Waals surface area (Å²) in [6.07, 6.45) is 3.91. The number of hydrogen-bond donors (Lipinski definition) is 5. The van der Waals surface area contributed by atoms with E-state index in [1.54, 1.807) is 11.9 Å². The molecule has 4 unspecified atom stereocenters. The van der Waals surface area contributed by atoms with Crippen molar-refractivity contribution in [3.63, 3.8) is 0 Å². The van der Waals surface area contributed by atoms with Gasteiger partial charge >= 0.3 is 5.97 Å². The molecule has 9 nitrogen and oxygen atoms in total. The third kappa shape index (κ3) is 7.43. The van der Waals surface area contributed by atoms with Crippen LogP contribution in [0.5, 0.6) is 0 Å². The molecule has 1 rings (SSSR count). The molecule has 0 radical (unpaired) electrons. The van der Waals surface area contributed by atoms with Crippen LogP contribution in [-0.2, 0) is 14.4 Å². The highest BCUT2D eigenvalue weighted by Crippen LogP contribution is 2.34. The van der Waals surface area contributed by atoms with Crippen molar-refractivity contribution in [2.45, 2.75) is 70.7 Å². The number of hydrogen-bond acceptors (Lipinski definition) is 6. The fourth-order valence-electron chi connectivity index (χ4n) is 3.77. The predicted molar refractivity (Wildman–Crippen MR) is 102 cm³/mol. The molecule has 0 aliphatic heterocycles. The van der Waals surface area contributed by atoms with Gasteiger partial charge in [0.15, 0.2) is 0 Å². The largest absolute Gasteiger partial charge is 0.481 e. The third-order valence-electron chi connectivity index (χ3n) is 5.14. The molecule has 0 saturated heterocycles. The lowest BCUT2D eigenvalue weighted by Crippen LogP contribution is -2.58. The molecular weight excluding hydrogens is 350 g/mol. The van der Waals surface area contributed by atoms with E-state index < -0.39 is 30.1 Å². The van der Waals surface area contributed by atoms with Crippen LogP contribution < -0.4 is 22.1 Å². The van der Waals surface area contributed by atoms with Gasteiger partial charge in [-0.2, -0.15) is 0 Å². The normalized spacial score (nSPS) is 23.3. The number of amides is 2. The number of nitrogens with one attached hydrogen (secondary N) is 2. The predicted octanol–water partition coefficient (Wildman–Crippen LogP) is -0.200. The number of nitrogens with two attached hydrogens (primary N) is 2. The van der Waals surface area contributed by atoms with E-state index in [2.05, 4.69) is 17.6 Å². The minimum atomic E-state index is -0.920. The molecule has 4 atom stereocenters. The molecule has 0 aromatic rings. The molecule has 1 aliphatic carbocycles. The standard InChI is InChI=1S/C18H35N5O4/c1-4-5-6-7-8-23(3)16(25)15(21-11(2)24)13-9-12(17(26)27)10-14(13)22-18(19)20/h12-15,18,22H,4-10,19-20H2,1-3H3,(H,21,24)(H,26,27). The van der Waals surface area contributed by atoms with Gasteiger partial charge in [0.2, 0.25) is 11.8 Å². The molecule has 1 fully saturated rings. The van der Waals surface area contributed by atoms with E-state index >= 15 is 0 Å². The molecule has 1 saturated carbocycles. The van der Waals surface area contributed by atoms with Crippen LogP contribution in [0.1, 0.15) is 52.4 Å². The van der Waals surface area contributed by atoms with Crippen molar-refractivity contribution in [2.75, 3.05) is 13.6 Å². The van der Waals surface area contributed by atoms with E-state index in [1.807, 2.05) is 0 Å². The molecule has 9 heteroatoms. The zero-order chi connectivity index (χ0) is 20.6. The lowest BCUT2D eigenvalue weighted by molar-refractivity contribution is -0.142. The minimum Gasteiger partial charge on any atom is -0.481 e. The van der Waals surface area contributed by atoms with E-state index in [-0.39, 0.29) is 24.3 Å². The van der Waals surface area contributed by atoms with Crippen molar-refractivity contribution in [1.29, 1.82) is 0 Å². The Morgan fingerprint density at radius 3 is 2.37 bits per heavy atom. The highest BCUT2D eigenvalue weighted by atomic mass is 16.4. The van der Waals surface area contributed by atoms with Crippen molar-refractivity contribution in [3.8, 4) is 0 Å². The average Bonchev–Trinajstić information content (AvgIpc) is 2.98. The fourth-order valence-corrected chi connectivity index (χ4v) is 3.77. The molecule has 0 aromatic carbocycles. The molecule has 0 heterocycles. The number of carboxylic acids is 1. The number of nitrogens with zero attached hydrogens (tertiary/aromatic N) is 1. The first kappa shape index (κ1) is 23.3. The van der Waals surface area contributed by atoms with Gasteiger partial charge in [-0.3, -0.25) is 19.7 Å². The molecule has 0 spiro atoms. The Kier molecular flexibility index (Phi) is 9.68. The van der Waals surface area contributed by atoms with Crippen LogP contribution in [0.15, 0.2) is 0 Å². The number of carbonyl (C=O) groups excluding carboxylic acids is 2. The van der Waals surface area contributed by atoms with Crippen LogP contribution in [0.25, 0.3) is 0 Å². The Hall–Kier alpha value is -1.71. The highest BCUT2D eigenvalue weighted by molar-refractivity contribution is 5.87. The van der Waals surface area contributed by atoms with Gasteiger partial charge in [0, 0.05) is 32.5 Å². The van der Waals surface area contributed by atoms with E-state index in [0.717, 1.165) is 25.7 Å². The van der Waals surface area contributed by atoms with Gasteiger partial charge in [-0.15, -0.1) is 0 Å². The van der Waals surface area contributed by atoms with Gasteiger partial charge in [0.1, 0.15) is 12.3 Å². The maximum absolute atomic E-state index is 13.0. The van der Waals surface area contributed by atoms with E-state index in [9.17, 15) is 19.5 Å². The first-order valence-corrected chi connectivity index (χ1v) is 9.69. The third-order valence-corrected chi connectivity index (χ3v) is 5.14. The topological polar surface area (TPSA) is 151 Å². The number of aliphatic carboxylic acids is 1. The molecule has 1 aliphatic rings. The summed E-state index contributed by atoms with van der Waals surface area (Å²) in [5.74, 6) is -2.46. The van der Waals surface area contributed by atoms with E-state index in [4.69, 9.17) is 11.5 Å². The minimum absolute atomic E-state index is 0.213. The summed E-state index contributed by atoms with van der Waals surface area (Å²) in [7, 11) is 1.71. The highest BCUT2D eigenvalue weighted by Gasteiger charge is 2.45. The molecule has 27 heavy (non-hydrogen) atoms. The smallest absolute Gasteiger partial charge is 0.306 e. The zero-order valence-corrected chi connectivity index (χ0v) is 16.6.